The molecule has 0 aliphatic heterocycles. The van der Waals surface area contributed by atoms with Gasteiger partial charge in [0, 0.05) is 18.4 Å². The summed E-state index contributed by atoms with van der Waals surface area (Å²) < 4.78 is 0. The predicted octanol–water partition coefficient (Wildman–Crippen LogP) is 2.98. The van der Waals surface area contributed by atoms with E-state index in [0.717, 1.165) is 17.1 Å². The first-order valence-electron chi connectivity index (χ1n) is 8.73. The van der Waals surface area contributed by atoms with E-state index in [1.807, 2.05) is 26.0 Å². The molecule has 0 atom stereocenters. The molecule has 3 rings (SSSR count). The quantitative estimate of drug-likeness (QED) is 0.412. The lowest BCUT2D eigenvalue weighted by molar-refractivity contribution is 0.895. The van der Waals surface area contributed by atoms with Crippen LogP contribution in [0.3, 0.4) is 0 Å². The number of nitrogens with one attached hydrogen (secondary N) is 5. The summed E-state index contributed by atoms with van der Waals surface area (Å²) in [6, 6.07) is 7.34. The minimum atomic E-state index is -0.221. The Labute approximate surface area is 157 Å². The van der Waals surface area contributed by atoms with Crippen molar-refractivity contribution < 1.29 is 0 Å². The highest BCUT2D eigenvalue weighted by molar-refractivity contribution is 6.03. The van der Waals surface area contributed by atoms with Gasteiger partial charge in [0.15, 0.2) is 0 Å². The maximum atomic E-state index is 12.2. The molecule has 0 saturated heterocycles. The molecule has 8 heteroatoms. The molecule has 0 spiro atoms. The van der Waals surface area contributed by atoms with Crippen molar-refractivity contribution in [3.05, 3.63) is 58.4 Å². The molecule has 0 aliphatic rings. The van der Waals surface area contributed by atoms with Crippen LogP contribution in [0.1, 0.15) is 32.2 Å². The van der Waals surface area contributed by atoms with Crippen LogP contribution in [-0.4, -0.2) is 31.9 Å². The van der Waals surface area contributed by atoms with E-state index in [0.29, 0.717) is 29.2 Å². The zero-order chi connectivity index (χ0) is 19.4. The van der Waals surface area contributed by atoms with E-state index < -0.39 is 0 Å². The second-order valence-electron chi connectivity index (χ2n) is 6.53. The Morgan fingerprint density at radius 2 is 2.11 bits per heavy atom. The lowest BCUT2D eigenvalue weighted by atomic mass is 10.1. The summed E-state index contributed by atoms with van der Waals surface area (Å²) in [6.45, 7) is 6.23. The number of hydrogen-bond acceptors (Lipinski definition) is 6. The summed E-state index contributed by atoms with van der Waals surface area (Å²) in [7, 11) is 0. The molecule has 3 aromatic rings. The van der Waals surface area contributed by atoms with Gasteiger partial charge in [-0.2, -0.15) is 5.10 Å². The van der Waals surface area contributed by atoms with E-state index in [1.165, 1.54) is 0 Å². The van der Waals surface area contributed by atoms with Crippen molar-refractivity contribution in [2.75, 3.05) is 10.6 Å². The molecule has 0 aliphatic carbocycles. The summed E-state index contributed by atoms with van der Waals surface area (Å²) >= 11 is 0. The molecule has 140 valence electrons. The van der Waals surface area contributed by atoms with Crippen LogP contribution in [0.25, 0.3) is 11.3 Å². The van der Waals surface area contributed by atoms with E-state index in [1.54, 1.807) is 31.5 Å². The molecule has 0 saturated carbocycles. The lowest BCUT2D eigenvalue weighted by Crippen LogP contribution is -2.18. The molecule has 3 heterocycles. The van der Waals surface area contributed by atoms with Crippen molar-refractivity contribution in [1.82, 2.24) is 20.2 Å². The minimum Gasteiger partial charge on any atom is -0.379 e. The smallest absolute Gasteiger partial charge is 0.257 e. The summed E-state index contributed by atoms with van der Waals surface area (Å²) in [6.07, 6.45) is 3.35. The van der Waals surface area contributed by atoms with Gasteiger partial charge in [0.1, 0.15) is 5.69 Å². The Balaban J connectivity index is 2.12. The fourth-order valence-electron chi connectivity index (χ4n) is 2.73. The number of H-pyrrole nitrogens is 2. The number of rotatable bonds is 7. The summed E-state index contributed by atoms with van der Waals surface area (Å²) in [5.41, 5.74) is 3.93. The predicted molar refractivity (Wildman–Crippen MR) is 107 cm³/mol. The SMILES string of the molecule is CC(=N)c1nc(-c2ccc[nH]c2=O)cc(NCc2cc[nH]n2)c1NC(C)C. The van der Waals surface area contributed by atoms with Crippen molar-refractivity contribution in [2.24, 2.45) is 0 Å². The molecule has 0 aromatic carbocycles. The topological polar surface area (TPSA) is 122 Å². The van der Waals surface area contributed by atoms with Crippen LogP contribution in [0.15, 0.2) is 41.5 Å². The average molecular weight is 365 g/mol. The minimum absolute atomic E-state index is 0.154. The van der Waals surface area contributed by atoms with Crippen LogP contribution >= 0.6 is 0 Å². The molecule has 0 radical (unpaired) electrons. The normalized spacial score (nSPS) is 10.8. The maximum Gasteiger partial charge on any atom is 0.257 e. The number of hydrogen-bond donors (Lipinski definition) is 5. The van der Waals surface area contributed by atoms with Gasteiger partial charge in [-0.15, -0.1) is 0 Å². The molecular formula is C19H23N7O. The van der Waals surface area contributed by atoms with Crippen molar-refractivity contribution >= 4 is 17.1 Å². The lowest BCUT2D eigenvalue weighted by Gasteiger charge is -2.20. The molecule has 0 bridgehead atoms. The van der Waals surface area contributed by atoms with Gasteiger partial charge in [-0.05, 0) is 45.0 Å². The van der Waals surface area contributed by atoms with Gasteiger partial charge in [0.2, 0.25) is 0 Å². The third-order valence-electron chi connectivity index (χ3n) is 3.92. The zero-order valence-electron chi connectivity index (χ0n) is 15.6. The van der Waals surface area contributed by atoms with Gasteiger partial charge < -0.3 is 21.0 Å². The van der Waals surface area contributed by atoms with Gasteiger partial charge in [-0.3, -0.25) is 9.89 Å². The van der Waals surface area contributed by atoms with Crippen LogP contribution in [0, 0.1) is 5.41 Å². The monoisotopic (exact) mass is 365 g/mol. The second-order valence-corrected chi connectivity index (χ2v) is 6.53. The maximum absolute atomic E-state index is 12.2. The van der Waals surface area contributed by atoms with Gasteiger partial charge in [-0.1, -0.05) is 0 Å². The summed E-state index contributed by atoms with van der Waals surface area (Å²) in [5, 5.41) is 21.8. The van der Waals surface area contributed by atoms with Crippen LogP contribution in [0.4, 0.5) is 11.4 Å². The first kappa shape index (κ1) is 18.4. The standard InChI is InChI=1S/C19H23N7O/c1-11(2)24-18-16(22-10-13-6-8-23-26-13)9-15(25-17(18)12(3)20)14-5-4-7-21-19(14)27/h4-9,11,20,24H,10H2,1-3H3,(H,21,27)(H,22,25)(H,23,26). The Bertz CT molecular complexity index is 990. The van der Waals surface area contributed by atoms with E-state index >= 15 is 0 Å². The Morgan fingerprint density at radius 1 is 1.30 bits per heavy atom. The van der Waals surface area contributed by atoms with Gasteiger partial charge >= 0.3 is 0 Å². The van der Waals surface area contributed by atoms with Crippen molar-refractivity contribution in [3.8, 4) is 11.3 Å². The fourth-order valence-corrected chi connectivity index (χ4v) is 2.73. The zero-order valence-corrected chi connectivity index (χ0v) is 15.6. The molecule has 5 N–H and O–H groups in total. The molecular weight excluding hydrogens is 342 g/mol. The Hall–Kier alpha value is -3.42. The second kappa shape index (κ2) is 7.86. The highest BCUT2D eigenvalue weighted by atomic mass is 16.1. The van der Waals surface area contributed by atoms with Crippen molar-refractivity contribution in [3.63, 3.8) is 0 Å². The van der Waals surface area contributed by atoms with Crippen LogP contribution in [0.5, 0.6) is 0 Å². The van der Waals surface area contributed by atoms with Gasteiger partial charge in [0.25, 0.3) is 5.56 Å². The van der Waals surface area contributed by atoms with E-state index in [4.69, 9.17) is 5.41 Å². The van der Waals surface area contributed by atoms with Gasteiger partial charge in [0.05, 0.1) is 40.6 Å². The first-order valence-corrected chi connectivity index (χ1v) is 8.73. The van der Waals surface area contributed by atoms with E-state index in [2.05, 4.69) is 30.8 Å². The molecule has 0 unspecified atom stereocenters. The van der Waals surface area contributed by atoms with Crippen LogP contribution < -0.4 is 16.2 Å². The number of anilines is 2. The summed E-state index contributed by atoms with van der Waals surface area (Å²) in [4.78, 5) is 19.5. The highest BCUT2D eigenvalue weighted by Gasteiger charge is 2.17. The summed E-state index contributed by atoms with van der Waals surface area (Å²) in [5.74, 6) is 0. The van der Waals surface area contributed by atoms with Crippen molar-refractivity contribution in [1.29, 1.82) is 5.41 Å². The molecule has 8 nitrogen and oxygen atoms in total. The fraction of sp³-hybridized carbons (Fsp3) is 0.263. The third-order valence-corrected chi connectivity index (χ3v) is 3.92. The Kier molecular flexibility index (Phi) is 5.35. The first-order chi connectivity index (χ1) is 13.0. The average Bonchev–Trinajstić information content (AvgIpc) is 3.14. The van der Waals surface area contributed by atoms with Crippen molar-refractivity contribution in [2.45, 2.75) is 33.4 Å². The molecule has 27 heavy (non-hydrogen) atoms. The number of aromatic amines is 2. The van der Waals surface area contributed by atoms with Crippen LogP contribution in [-0.2, 0) is 6.54 Å². The Morgan fingerprint density at radius 3 is 2.74 bits per heavy atom. The number of aromatic nitrogens is 4. The van der Waals surface area contributed by atoms with Gasteiger partial charge in [-0.25, -0.2) is 4.98 Å². The molecule has 0 amide bonds. The van der Waals surface area contributed by atoms with Crippen LogP contribution in [0.2, 0.25) is 0 Å². The molecule has 0 fully saturated rings. The third kappa shape index (κ3) is 4.22. The van der Waals surface area contributed by atoms with E-state index in [-0.39, 0.29) is 11.6 Å². The highest BCUT2D eigenvalue weighted by Crippen LogP contribution is 2.31. The van der Waals surface area contributed by atoms with E-state index in [9.17, 15) is 4.79 Å². The number of nitrogens with zero attached hydrogens (tertiary/aromatic N) is 2. The molecule has 3 aromatic heterocycles. The largest absolute Gasteiger partial charge is 0.379 e. The number of pyridine rings is 2.